The predicted octanol–water partition coefficient (Wildman–Crippen LogP) is 5.63. The second kappa shape index (κ2) is 7.94. The molecule has 1 aliphatic heterocycles. The number of halogens is 1. The maximum absolute atomic E-state index is 13.2. The fraction of sp³-hybridized carbons (Fsp3) is 0.348. The van der Waals surface area contributed by atoms with Crippen LogP contribution >= 0.6 is 38.6 Å². The molecule has 0 aromatic carbocycles. The lowest BCUT2D eigenvalue weighted by Gasteiger charge is -2.38. The largest absolute Gasteiger partial charge is 0.384 e. The number of fused-ring (bicyclic) bond motifs is 1. The summed E-state index contributed by atoms with van der Waals surface area (Å²) < 4.78 is 0.948. The van der Waals surface area contributed by atoms with Gasteiger partial charge in [0.2, 0.25) is 0 Å². The molecule has 0 bridgehead atoms. The molecule has 0 spiro atoms. The minimum Gasteiger partial charge on any atom is -0.384 e. The van der Waals surface area contributed by atoms with Crippen LogP contribution in [0.4, 0.5) is 5.00 Å². The summed E-state index contributed by atoms with van der Waals surface area (Å²) in [6, 6.07) is 8.60. The van der Waals surface area contributed by atoms with Crippen LogP contribution in [0.25, 0.3) is 0 Å². The zero-order valence-corrected chi connectivity index (χ0v) is 19.9. The maximum Gasteiger partial charge on any atom is 0.161 e. The number of hydrogen-bond acceptors (Lipinski definition) is 7. The standard InChI is InChI=1S/C23H19BrN4OS2/c24-19-9-8-18(30-19)20-14(11-26)22(27)28(15-5-3-6-16(29)21(15)20)23-13(10-25)12-4-1-2-7-17(12)31-23/h8-9,20H,1-7,27H2/t20-/m0/s1. The number of thiophene rings is 2. The van der Waals surface area contributed by atoms with E-state index in [4.69, 9.17) is 5.73 Å². The van der Waals surface area contributed by atoms with Crippen molar-refractivity contribution in [1.82, 2.24) is 0 Å². The van der Waals surface area contributed by atoms with Crippen LogP contribution in [-0.2, 0) is 17.6 Å². The Labute approximate surface area is 197 Å². The van der Waals surface area contributed by atoms with Crippen molar-refractivity contribution >= 4 is 49.4 Å². The van der Waals surface area contributed by atoms with E-state index in [1.165, 1.54) is 16.2 Å². The number of nitrogens with two attached hydrogens (primary N) is 1. The number of aryl methyl sites for hydroxylation is 1. The molecular formula is C23H19BrN4OS2. The fourth-order valence-corrected chi connectivity index (χ4v) is 7.83. The molecule has 3 heterocycles. The predicted molar refractivity (Wildman–Crippen MR) is 126 cm³/mol. The van der Waals surface area contributed by atoms with E-state index in [9.17, 15) is 15.3 Å². The number of Topliss-reactive ketones (excluding diaryl/α,β-unsaturated/α-hetero) is 1. The van der Waals surface area contributed by atoms with E-state index in [-0.39, 0.29) is 5.78 Å². The van der Waals surface area contributed by atoms with E-state index in [2.05, 4.69) is 28.1 Å². The van der Waals surface area contributed by atoms with E-state index in [1.54, 1.807) is 11.3 Å². The van der Waals surface area contributed by atoms with Crippen molar-refractivity contribution in [1.29, 1.82) is 10.5 Å². The first-order valence-corrected chi connectivity index (χ1v) is 12.7. The zero-order valence-electron chi connectivity index (χ0n) is 16.7. The van der Waals surface area contributed by atoms with Crippen molar-refractivity contribution in [2.24, 2.45) is 5.73 Å². The molecule has 2 aliphatic carbocycles. The quantitative estimate of drug-likeness (QED) is 0.564. The third-order valence-electron chi connectivity index (χ3n) is 6.26. The van der Waals surface area contributed by atoms with Crippen molar-refractivity contribution in [3.63, 3.8) is 0 Å². The lowest BCUT2D eigenvalue weighted by Crippen LogP contribution is -2.38. The van der Waals surface area contributed by atoms with E-state index < -0.39 is 5.92 Å². The number of allylic oxidation sites excluding steroid dienone is 3. The number of anilines is 1. The molecule has 0 radical (unpaired) electrons. The van der Waals surface area contributed by atoms with Gasteiger partial charge >= 0.3 is 0 Å². The van der Waals surface area contributed by atoms with Crippen LogP contribution in [0.1, 0.15) is 58.9 Å². The van der Waals surface area contributed by atoms with Gasteiger partial charge in [-0.25, -0.2) is 0 Å². The van der Waals surface area contributed by atoms with Gasteiger partial charge in [-0.3, -0.25) is 9.69 Å². The van der Waals surface area contributed by atoms with Gasteiger partial charge in [0.15, 0.2) is 5.78 Å². The van der Waals surface area contributed by atoms with Gasteiger partial charge < -0.3 is 5.73 Å². The normalized spacial score (nSPS) is 20.9. The molecular weight excluding hydrogens is 492 g/mol. The molecule has 2 aromatic heterocycles. The Morgan fingerprint density at radius 3 is 2.58 bits per heavy atom. The van der Waals surface area contributed by atoms with Gasteiger partial charge in [-0.1, -0.05) is 0 Å². The number of hydrogen-bond donors (Lipinski definition) is 1. The van der Waals surface area contributed by atoms with Gasteiger partial charge in [0.05, 0.1) is 26.9 Å². The Kier molecular flexibility index (Phi) is 5.26. The van der Waals surface area contributed by atoms with E-state index >= 15 is 0 Å². The van der Waals surface area contributed by atoms with Gasteiger partial charge in [0, 0.05) is 27.4 Å². The lowest BCUT2D eigenvalue weighted by atomic mass is 9.78. The van der Waals surface area contributed by atoms with Crippen molar-refractivity contribution < 1.29 is 4.79 Å². The smallest absolute Gasteiger partial charge is 0.161 e. The van der Waals surface area contributed by atoms with Crippen LogP contribution in [0.5, 0.6) is 0 Å². The van der Waals surface area contributed by atoms with Crippen LogP contribution < -0.4 is 10.6 Å². The summed E-state index contributed by atoms with van der Waals surface area (Å²) >= 11 is 6.62. The molecule has 3 aliphatic rings. The summed E-state index contributed by atoms with van der Waals surface area (Å²) in [7, 11) is 0. The first kappa shape index (κ1) is 20.5. The Hall–Kier alpha value is -2.39. The summed E-state index contributed by atoms with van der Waals surface area (Å²) in [6.45, 7) is 0. The number of ketones is 1. The topological polar surface area (TPSA) is 93.9 Å². The molecule has 0 saturated heterocycles. The monoisotopic (exact) mass is 510 g/mol. The van der Waals surface area contributed by atoms with E-state index in [1.807, 2.05) is 17.0 Å². The Balaban J connectivity index is 1.76. The highest BCUT2D eigenvalue weighted by molar-refractivity contribution is 9.11. The van der Waals surface area contributed by atoms with Gasteiger partial charge in [-0.2, -0.15) is 10.5 Å². The van der Waals surface area contributed by atoms with E-state index in [0.717, 1.165) is 57.0 Å². The van der Waals surface area contributed by atoms with Crippen molar-refractivity contribution in [2.45, 2.75) is 50.9 Å². The molecule has 156 valence electrons. The van der Waals surface area contributed by atoms with Crippen molar-refractivity contribution in [3.8, 4) is 12.1 Å². The second-order valence-electron chi connectivity index (χ2n) is 7.96. The average molecular weight is 511 g/mol. The van der Waals surface area contributed by atoms with Crippen LogP contribution in [0, 0.1) is 22.7 Å². The molecule has 2 aromatic rings. The number of nitrogens with zero attached hydrogens (tertiary/aromatic N) is 3. The van der Waals surface area contributed by atoms with Crippen LogP contribution in [0.3, 0.4) is 0 Å². The third kappa shape index (κ3) is 3.17. The number of rotatable bonds is 2. The summed E-state index contributed by atoms with van der Waals surface area (Å²) in [5, 5.41) is 20.9. The molecule has 1 atom stereocenters. The summed E-state index contributed by atoms with van der Waals surface area (Å²) in [5.74, 6) is -0.0260. The van der Waals surface area contributed by atoms with Gasteiger partial charge in [0.1, 0.15) is 16.9 Å². The number of carbonyl (C=O) groups excluding carboxylic acids is 1. The Bertz CT molecular complexity index is 1250. The van der Waals surface area contributed by atoms with E-state index in [0.29, 0.717) is 35.4 Å². The Morgan fingerprint density at radius 2 is 1.87 bits per heavy atom. The van der Waals surface area contributed by atoms with Gasteiger partial charge in [0.25, 0.3) is 0 Å². The Morgan fingerprint density at radius 1 is 1.06 bits per heavy atom. The molecule has 0 saturated carbocycles. The van der Waals surface area contributed by atoms with Crippen LogP contribution in [-0.4, -0.2) is 5.78 Å². The highest BCUT2D eigenvalue weighted by Gasteiger charge is 2.42. The summed E-state index contributed by atoms with van der Waals surface area (Å²) in [4.78, 5) is 17.2. The number of carbonyl (C=O) groups is 1. The van der Waals surface area contributed by atoms with Gasteiger partial charge in [-0.15, -0.1) is 22.7 Å². The first-order chi connectivity index (χ1) is 15.0. The molecule has 0 fully saturated rings. The SMILES string of the molecule is N#CC1=C(N)N(c2sc3c(c2C#N)CCCC3)C2=C(C(=O)CCC2)[C@@H]1c1ccc(Br)s1. The molecule has 5 rings (SSSR count). The second-order valence-corrected chi connectivity index (χ2v) is 11.5. The fourth-order valence-electron chi connectivity index (χ4n) is 4.91. The highest BCUT2D eigenvalue weighted by atomic mass is 79.9. The minimum atomic E-state index is -0.444. The molecule has 5 nitrogen and oxygen atoms in total. The summed E-state index contributed by atoms with van der Waals surface area (Å²) in [5.41, 5.74) is 10.4. The molecule has 0 unspecified atom stereocenters. The molecule has 8 heteroatoms. The minimum absolute atomic E-state index is 0.0702. The van der Waals surface area contributed by atoms with Crippen molar-refractivity contribution in [3.05, 3.63) is 59.5 Å². The zero-order chi connectivity index (χ0) is 21.7. The lowest BCUT2D eigenvalue weighted by molar-refractivity contribution is -0.116. The first-order valence-electron chi connectivity index (χ1n) is 10.3. The molecule has 31 heavy (non-hydrogen) atoms. The average Bonchev–Trinajstić information content (AvgIpc) is 3.36. The van der Waals surface area contributed by atoms with Crippen LogP contribution in [0.2, 0.25) is 0 Å². The number of nitriles is 2. The maximum atomic E-state index is 13.2. The molecule has 0 amide bonds. The van der Waals surface area contributed by atoms with Crippen molar-refractivity contribution in [2.75, 3.05) is 4.90 Å². The highest BCUT2D eigenvalue weighted by Crippen LogP contribution is 2.51. The van der Waals surface area contributed by atoms with Crippen LogP contribution in [0.15, 0.2) is 38.6 Å². The molecule has 2 N–H and O–H groups in total. The van der Waals surface area contributed by atoms with Gasteiger partial charge in [-0.05, 0) is 72.2 Å². The summed E-state index contributed by atoms with van der Waals surface area (Å²) in [6.07, 6.45) is 5.99. The third-order valence-corrected chi connectivity index (χ3v) is 9.22.